The standard InChI is InChI=1S/C25H33F3N2O/c1-5-11-20(7-3)24(23(12-6-2)30-17-9-8-10-18-30)19(4)29-21-13-15-22(16-14-21)31-25(26,27)28/h6,11-16,29H,4-5,7-10,17-18H2,1-3H3/b12-6-,20-11+,24-23-. The van der Waals surface area contributed by atoms with E-state index in [0.29, 0.717) is 5.69 Å². The Bertz CT molecular complexity index is 814. The van der Waals surface area contributed by atoms with Crippen LogP contribution in [0.4, 0.5) is 18.9 Å². The minimum atomic E-state index is -4.70. The molecular weight excluding hydrogens is 401 g/mol. The highest BCUT2D eigenvalue weighted by atomic mass is 19.4. The van der Waals surface area contributed by atoms with Gasteiger partial charge in [0.05, 0.1) is 0 Å². The number of rotatable bonds is 9. The Morgan fingerprint density at radius 2 is 1.77 bits per heavy atom. The highest BCUT2D eigenvalue weighted by Gasteiger charge is 2.31. The molecule has 1 aromatic carbocycles. The van der Waals surface area contributed by atoms with Crippen LogP contribution in [0, 0.1) is 0 Å². The molecule has 3 nitrogen and oxygen atoms in total. The van der Waals surface area contributed by atoms with Gasteiger partial charge in [0.25, 0.3) is 0 Å². The maximum atomic E-state index is 12.4. The van der Waals surface area contributed by atoms with Gasteiger partial charge in [-0.25, -0.2) is 0 Å². The second kappa shape index (κ2) is 11.7. The highest BCUT2D eigenvalue weighted by molar-refractivity contribution is 5.60. The molecule has 1 heterocycles. The van der Waals surface area contributed by atoms with Crippen molar-refractivity contribution in [3.05, 3.63) is 71.6 Å². The smallest absolute Gasteiger partial charge is 0.406 e. The van der Waals surface area contributed by atoms with Crippen LogP contribution in [0.5, 0.6) is 5.75 Å². The largest absolute Gasteiger partial charge is 0.573 e. The number of hydrogen-bond acceptors (Lipinski definition) is 3. The molecule has 1 aliphatic rings. The van der Waals surface area contributed by atoms with Gasteiger partial charge in [-0.3, -0.25) is 0 Å². The fraction of sp³-hybridized carbons (Fsp3) is 0.440. The fourth-order valence-corrected chi connectivity index (χ4v) is 3.80. The van der Waals surface area contributed by atoms with E-state index in [2.05, 4.69) is 47.5 Å². The van der Waals surface area contributed by atoms with Crippen LogP contribution < -0.4 is 10.1 Å². The molecule has 1 saturated heterocycles. The Kier molecular flexibility index (Phi) is 9.28. The van der Waals surface area contributed by atoms with Crippen molar-refractivity contribution in [3.8, 4) is 5.75 Å². The van der Waals surface area contributed by atoms with Crippen molar-refractivity contribution in [1.82, 2.24) is 4.90 Å². The lowest BCUT2D eigenvalue weighted by molar-refractivity contribution is -0.274. The molecule has 0 radical (unpaired) electrons. The first-order chi connectivity index (χ1) is 14.8. The lowest BCUT2D eigenvalue weighted by Gasteiger charge is -2.33. The maximum absolute atomic E-state index is 12.4. The summed E-state index contributed by atoms with van der Waals surface area (Å²) in [5.74, 6) is -0.248. The van der Waals surface area contributed by atoms with Crippen molar-refractivity contribution in [3.63, 3.8) is 0 Å². The summed E-state index contributed by atoms with van der Waals surface area (Å²) < 4.78 is 41.2. The average Bonchev–Trinajstić information content (AvgIpc) is 2.73. The summed E-state index contributed by atoms with van der Waals surface area (Å²) in [5, 5.41) is 3.29. The van der Waals surface area contributed by atoms with Gasteiger partial charge in [-0.1, -0.05) is 32.6 Å². The third-order valence-electron chi connectivity index (χ3n) is 5.11. The van der Waals surface area contributed by atoms with E-state index in [1.165, 1.54) is 24.1 Å². The summed E-state index contributed by atoms with van der Waals surface area (Å²) in [7, 11) is 0. The van der Waals surface area contributed by atoms with E-state index in [4.69, 9.17) is 0 Å². The monoisotopic (exact) mass is 434 g/mol. The quantitative estimate of drug-likeness (QED) is 0.406. The second-order valence-electron chi connectivity index (χ2n) is 7.47. The average molecular weight is 435 g/mol. The zero-order chi connectivity index (χ0) is 22.9. The van der Waals surface area contributed by atoms with Crippen molar-refractivity contribution in [2.24, 2.45) is 0 Å². The van der Waals surface area contributed by atoms with Gasteiger partial charge in [0.1, 0.15) is 5.75 Å². The first-order valence-corrected chi connectivity index (χ1v) is 10.9. The van der Waals surface area contributed by atoms with Gasteiger partial charge in [0.2, 0.25) is 0 Å². The van der Waals surface area contributed by atoms with Gasteiger partial charge in [-0.2, -0.15) is 0 Å². The molecule has 0 unspecified atom stereocenters. The van der Waals surface area contributed by atoms with Crippen molar-refractivity contribution < 1.29 is 17.9 Å². The number of benzene rings is 1. The number of alkyl halides is 3. The summed E-state index contributed by atoms with van der Waals surface area (Å²) in [5.41, 5.74) is 4.78. The van der Waals surface area contributed by atoms with Crippen LogP contribution in [-0.4, -0.2) is 24.4 Å². The number of halogens is 3. The zero-order valence-electron chi connectivity index (χ0n) is 18.7. The minimum Gasteiger partial charge on any atom is -0.406 e. The van der Waals surface area contributed by atoms with Gasteiger partial charge in [0, 0.05) is 35.7 Å². The van der Waals surface area contributed by atoms with Gasteiger partial charge < -0.3 is 15.0 Å². The summed E-state index contributed by atoms with van der Waals surface area (Å²) in [6.07, 6.45) is 7.02. The third-order valence-corrected chi connectivity index (χ3v) is 5.11. The molecule has 0 saturated carbocycles. The van der Waals surface area contributed by atoms with Gasteiger partial charge in [-0.15, -0.1) is 13.2 Å². The van der Waals surface area contributed by atoms with E-state index >= 15 is 0 Å². The normalized spacial score (nSPS) is 16.3. The molecule has 0 bridgehead atoms. The SMILES string of the molecule is C=C(Nc1ccc(OC(F)(F)F)cc1)C(/C(=C/CC)CC)=C(\C=C/C)N1CCCCC1. The lowest BCUT2D eigenvalue weighted by Crippen LogP contribution is -2.30. The molecule has 6 heteroatoms. The van der Waals surface area contributed by atoms with E-state index in [-0.39, 0.29) is 5.75 Å². The molecule has 1 aliphatic heterocycles. The van der Waals surface area contributed by atoms with Gasteiger partial charge in [-0.05, 0) is 74.9 Å². The van der Waals surface area contributed by atoms with E-state index in [1.807, 2.05) is 13.0 Å². The summed E-state index contributed by atoms with van der Waals surface area (Å²) in [6.45, 7) is 12.5. The van der Waals surface area contributed by atoms with Crippen molar-refractivity contribution in [2.75, 3.05) is 18.4 Å². The molecule has 0 atom stereocenters. The van der Waals surface area contributed by atoms with Crippen LogP contribution in [0.15, 0.2) is 71.6 Å². The molecular formula is C25H33F3N2O. The number of allylic oxidation sites excluding steroid dienone is 4. The Morgan fingerprint density at radius 3 is 2.29 bits per heavy atom. The third kappa shape index (κ3) is 7.53. The summed E-state index contributed by atoms with van der Waals surface area (Å²) in [6, 6.07) is 5.73. The molecule has 1 N–H and O–H groups in total. The van der Waals surface area contributed by atoms with Crippen LogP contribution in [0.25, 0.3) is 0 Å². The number of piperidine rings is 1. The van der Waals surface area contributed by atoms with Crippen LogP contribution in [-0.2, 0) is 0 Å². The topological polar surface area (TPSA) is 24.5 Å². The van der Waals surface area contributed by atoms with Crippen LogP contribution >= 0.6 is 0 Å². The molecule has 1 aromatic rings. The zero-order valence-corrected chi connectivity index (χ0v) is 18.7. The number of hydrogen-bond donors (Lipinski definition) is 1. The van der Waals surface area contributed by atoms with E-state index in [9.17, 15) is 13.2 Å². The first kappa shape index (κ1) is 24.6. The molecule has 0 aromatic heterocycles. The van der Waals surface area contributed by atoms with Crippen molar-refractivity contribution >= 4 is 5.69 Å². The van der Waals surface area contributed by atoms with Crippen LogP contribution in [0.3, 0.4) is 0 Å². The second-order valence-corrected chi connectivity index (χ2v) is 7.47. The Labute approximate surface area is 184 Å². The molecule has 0 spiro atoms. The number of nitrogens with one attached hydrogen (secondary N) is 1. The van der Waals surface area contributed by atoms with Gasteiger partial charge in [0.15, 0.2) is 0 Å². The van der Waals surface area contributed by atoms with Crippen LogP contribution in [0.1, 0.15) is 52.9 Å². The molecule has 31 heavy (non-hydrogen) atoms. The molecule has 0 amide bonds. The maximum Gasteiger partial charge on any atom is 0.573 e. The molecule has 170 valence electrons. The molecule has 0 aliphatic carbocycles. The number of ether oxygens (including phenoxy) is 1. The lowest BCUT2D eigenvalue weighted by atomic mass is 9.95. The van der Waals surface area contributed by atoms with Crippen LogP contribution in [0.2, 0.25) is 0 Å². The Morgan fingerprint density at radius 1 is 1.13 bits per heavy atom. The highest BCUT2D eigenvalue weighted by Crippen LogP contribution is 2.31. The minimum absolute atomic E-state index is 0.248. The molecule has 2 rings (SSSR count). The Hall–Kier alpha value is -2.63. The van der Waals surface area contributed by atoms with E-state index < -0.39 is 6.36 Å². The molecule has 1 fully saturated rings. The van der Waals surface area contributed by atoms with E-state index in [1.54, 1.807) is 12.1 Å². The predicted molar refractivity (Wildman–Crippen MR) is 122 cm³/mol. The number of likely N-dealkylation sites (tertiary alicyclic amines) is 1. The summed E-state index contributed by atoms with van der Waals surface area (Å²) in [4.78, 5) is 2.41. The number of anilines is 1. The van der Waals surface area contributed by atoms with Gasteiger partial charge >= 0.3 is 6.36 Å². The first-order valence-electron chi connectivity index (χ1n) is 10.9. The summed E-state index contributed by atoms with van der Waals surface area (Å²) >= 11 is 0. The fourth-order valence-electron chi connectivity index (χ4n) is 3.80. The Balaban J connectivity index is 2.39. The number of nitrogens with zero attached hydrogens (tertiary/aromatic N) is 1. The van der Waals surface area contributed by atoms with Crippen molar-refractivity contribution in [2.45, 2.75) is 59.2 Å². The van der Waals surface area contributed by atoms with E-state index in [0.717, 1.165) is 55.7 Å². The predicted octanol–water partition coefficient (Wildman–Crippen LogP) is 7.57. The van der Waals surface area contributed by atoms with Crippen molar-refractivity contribution in [1.29, 1.82) is 0 Å².